The van der Waals surface area contributed by atoms with Gasteiger partial charge in [0.2, 0.25) is 5.78 Å². The van der Waals surface area contributed by atoms with Gasteiger partial charge in [0, 0.05) is 34.4 Å². The van der Waals surface area contributed by atoms with Gasteiger partial charge in [0.15, 0.2) is 0 Å². The molecule has 1 aromatic heterocycles. The van der Waals surface area contributed by atoms with Crippen LogP contribution in [0.1, 0.15) is 32.9 Å². The van der Waals surface area contributed by atoms with Crippen molar-refractivity contribution in [1.29, 1.82) is 0 Å². The molecule has 3 aromatic rings. The maximum absolute atomic E-state index is 13.2. The molecule has 0 spiro atoms. The number of aromatic nitrogens is 1. The van der Waals surface area contributed by atoms with Crippen molar-refractivity contribution in [2.45, 2.75) is 20.0 Å². The second-order valence-electron chi connectivity index (χ2n) is 7.12. The first-order valence-corrected chi connectivity index (χ1v) is 9.52. The highest BCUT2D eigenvalue weighted by atomic mass is 79.9. The molecule has 0 atom stereocenters. The fourth-order valence-electron chi connectivity index (χ4n) is 3.84. The number of benzene rings is 2. The molecular formula is C22H21BrClN2O-. The Bertz CT molecular complexity index is 1010. The molecule has 5 heteroatoms. The van der Waals surface area contributed by atoms with E-state index in [4.69, 9.17) is 0 Å². The molecule has 0 aliphatic heterocycles. The maximum atomic E-state index is 13.2. The number of halogens is 2. The topological polar surface area (TPSA) is 25.2 Å². The van der Waals surface area contributed by atoms with E-state index in [0.717, 1.165) is 33.4 Å². The Kier molecular flexibility index (Phi) is 5.61. The standard InChI is InChI=1S/C22H21BrN2O.ClH/c1-14-19(13-24(2)3)20-18-11-16(23)9-10-17(18)22(26)21(20)25(14)12-15-7-5-4-6-8-15;/h4-11H,12-13H2,1-3H3;1H/p-1. The summed E-state index contributed by atoms with van der Waals surface area (Å²) in [6.07, 6.45) is 0. The summed E-state index contributed by atoms with van der Waals surface area (Å²) in [6, 6.07) is 16.3. The highest BCUT2D eigenvalue weighted by Crippen LogP contribution is 2.43. The number of carbonyl (C=O) groups excluding carboxylic acids is 1. The summed E-state index contributed by atoms with van der Waals surface area (Å²) in [5.41, 5.74) is 7.41. The average molecular weight is 445 g/mol. The molecule has 0 N–H and O–H groups in total. The van der Waals surface area contributed by atoms with Gasteiger partial charge in [-0.3, -0.25) is 4.79 Å². The molecule has 0 fully saturated rings. The zero-order valence-electron chi connectivity index (χ0n) is 15.6. The summed E-state index contributed by atoms with van der Waals surface area (Å²) in [7, 11) is 4.14. The fraction of sp³-hybridized carbons (Fsp3) is 0.227. The number of hydrogen-bond acceptors (Lipinski definition) is 2. The molecule has 1 heterocycles. The number of hydrogen-bond donors (Lipinski definition) is 0. The highest BCUT2D eigenvalue weighted by Gasteiger charge is 2.35. The molecule has 1 aliphatic carbocycles. The zero-order valence-corrected chi connectivity index (χ0v) is 17.9. The van der Waals surface area contributed by atoms with E-state index < -0.39 is 0 Å². The second kappa shape index (κ2) is 7.63. The maximum Gasteiger partial charge on any atom is 0.210 e. The predicted octanol–water partition coefficient (Wildman–Crippen LogP) is 1.88. The third-order valence-corrected chi connectivity index (χ3v) is 5.51. The quantitative estimate of drug-likeness (QED) is 0.480. The molecule has 0 bridgehead atoms. The Morgan fingerprint density at radius 3 is 2.41 bits per heavy atom. The Labute approximate surface area is 174 Å². The van der Waals surface area contributed by atoms with Crippen LogP contribution < -0.4 is 12.4 Å². The van der Waals surface area contributed by atoms with Crippen molar-refractivity contribution in [3.63, 3.8) is 0 Å². The van der Waals surface area contributed by atoms with Gasteiger partial charge in [-0.05, 0) is 55.9 Å². The van der Waals surface area contributed by atoms with E-state index in [1.54, 1.807) is 0 Å². The minimum absolute atomic E-state index is 0. The largest absolute Gasteiger partial charge is 1.00 e. The van der Waals surface area contributed by atoms with Gasteiger partial charge in [0.1, 0.15) is 0 Å². The first-order valence-electron chi connectivity index (χ1n) is 8.72. The van der Waals surface area contributed by atoms with E-state index >= 15 is 0 Å². The van der Waals surface area contributed by atoms with Crippen LogP contribution in [0.4, 0.5) is 0 Å². The number of ketones is 1. The average Bonchev–Trinajstić information content (AvgIpc) is 3.03. The van der Waals surface area contributed by atoms with Crippen LogP contribution in [0.3, 0.4) is 0 Å². The van der Waals surface area contributed by atoms with Crippen LogP contribution in [-0.4, -0.2) is 29.3 Å². The van der Waals surface area contributed by atoms with E-state index in [9.17, 15) is 4.79 Å². The SMILES string of the molecule is Cc1c(CN(C)C)c2c(n1Cc1ccccc1)C(=O)c1ccc(Br)cc1-2.[Cl-]. The summed E-state index contributed by atoms with van der Waals surface area (Å²) in [5, 5.41) is 0. The lowest BCUT2D eigenvalue weighted by Crippen LogP contribution is -3.00. The van der Waals surface area contributed by atoms with E-state index in [1.807, 2.05) is 30.3 Å². The molecule has 0 saturated carbocycles. The monoisotopic (exact) mass is 443 g/mol. The van der Waals surface area contributed by atoms with Crippen LogP contribution in [0.15, 0.2) is 53.0 Å². The summed E-state index contributed by atoms with van der Waals surface area (Å²) in [6.45, 7) is 3.66. The fourth-order valence-corrected chi connectivity index (χ4v) is 4.20. The predicted molar refractivity (Wildman–Crippen MR) is 109 cm³/mol. The second-order valence-corrected chi connectivity index (χ2v) is 8.03. The number of carbonyl (C=O) groups is 1. The Morgan fingerprint density at radius 2 is 1.74 bits per heavy atom. The van der Waals surface area contributed by atoms with Crippen LogP contribution in [0.5, 0.6) is 0 Å². The van der Waals surface area contributed by atoms with Gasteiger partial charge in [-0.2, -0.15) is 0 Å². The molecule has 0 amide bonds. The van der Waals surface area contributed by atoms with Crippen LogP contribution >= 0.6 is 15.9 Å². The van der Waals surface area contributed by atoms with Crippen LogP contribution in [0.2, 0.25) is 0 Å². The molecular weight excluding hydrogens is 424 g/mol. The summed E-state index contributed by atoms with van der Waals surface area (Å²) >= 11 is 3.56. The van der Waals surface area contributed by atoms with Gasteiger partial charge in [-0.1, -0.05) is 46.3 Å². The van der Waals surface area contributed by atoms with Crippen molar-refractivity contribution in [1.82, 2.24) is 9.47 Å². The van der Waals surface area contributed by atoms with E-state index in [1.165, 1.54) is 16.8 Å². The molecule has 3 nitrogen and oxygen atoms in total. The van der Waals surface area contributed by atoms with Crippen molar-refractivity contribution in [2.24, 2.45) is 0 Å². The third-order valence-electron chi connectivity index (χ3n) is 5.02. The Morgan fingerprint density at radius 1 is 1.04 bits per heavy atom. The smallest absolute Gasteiger partial charge is 0.210 e. The van der Waals surface area contributed by atoms with E-state index in [-0.39, 0.29) is 18.2 Å². The molecule has 27 heavy (non-hydrogen) atoms. The molecule has 2 aromatic carbocycles. The van der Waals surface area contributed by atoms with E-state index in [2.05, 4.69) is 64.6 Å². The van der Waals surface area contributed by atoms with Crippen LogP contribution in [0, 0.1) is 6.92 Å². The van der Waals surface area contributed by atoms with Crippen molar-refractivity contribution in [3.05, 3.63) is 81.1 Å². The van der Waals surface area contributed by atoms with Gasteiger partial charge in [0.25, 0.3) is 0 Å². The number of fused-ring (bicyclic) bond motifs is 3. The lowest BCUT2D eigenvalue weighted by molar-refractivity contribution is -0.0000125. The first kappa shape index (κ1) is 19.9. The van der Waals surface area contributed by atoms with Gasteiger partial charge >= 0.3 is 0 Å². The first-order chi connectivity index (χ1) is 12.5. The number of rotatable bonds is 4. The van der Waals surface area contributed by atoms with Crippen LogP contribution in [-0.2, 0) is 13.1 Å². The number of nitrogens with zero attached hydrogens (tertiary/aromatic N) is 2. The van der Waals surface area contributed by atoms with Crippen molar-refractivity contribution < 1.29 is 17.2 Å². The van der Waals surface area contributed by atoms with E-state index in [0.29, 0.717) is 6.54 Å². The molecule has 140 valence electrons. The highest BCUT2D eigenvalue weighted by molar-refractivity contribution is 9.10. The van der Waals surface area contributed by atoms with Gasteiger partial charge in [-0.25, -0.2) is 0 Å². The zero-order chi connectivity index (χ0) is 18.4. The molecule has 0 unspecified atom stereocenters. The molecule has 4 rings (SSSR count). The lowest BCUT2D eigenvalue weighted by atomic mass is 10.0. The molecule has 0 radical (unpaired) electrons. The minimum Gasteiger partial charge on any atom is -1.00 e. The molecule has 1 aliphatic rings. The normalized spacial score (nSPS) is 12.1. The van der Waals surface area contributed by atoms with Crippen molar-refractivity contribution in [3.8, 4) is 11.1 Å². The van der Waals surface area contributed by atoms with Gasteiger partial charge in [-0.15, -0.1) is 0 Å². The van der Waals surface area contributed by atoms with Crippen LogP contribution in [0.25, 0.3) is 11.1 Å². The minimum atomic E-state index is 0. The van der Waals surface area contributed by atoms with Crippen molar-refractivity contribution >= 4 is 21.7 Å². The van der Waals surface area contributed by atoms with Gasteiger partial charge in [0.05, 0.1) is 5.69 Å². The summed E-state index contributed by atoms with van der Waals surface area (Å²) in [5.74, 6) is 0.131. The van der Waals surface area contributed by atoms with Crippen molar-refractivity contribution in [2.75, 3.05) is 14.1 Å². The summed E-state index contributed by atoms with van der Waals surface area (Å²) in [4.78, 5) is 15.4. The summed E-state index contributed by atoms with van der Waals surface area (Å²) < 4.78 is 3.20. The Balaban J connectivity index is 0.00000210. The molecule has 0 saturated heterocycles. The Hall–Kier alpha value is -1.88. The lowest BCUT2D eigenvalue weighted by Gasteiger charge is -2.14. The third kappa shape index (κ3) is 3.38. The van der Waals surface area contributed by atoms with Gasteiger partial charge < -0.3 is 21.9 Å².